The van der Waals surface area contributed by atoms with Gasteiger partial charge in [0.1, 0.15) is 6.23 Å². The van der Waals surface area contributed by atoms with E-state index in [1.807, 2.05) is 14.1 Å². The van der Waals surface area contributed by atoms with Crippen molar-refractivity contribution in [2.24, 2.45) is 0 Å². The van der Waals surface area contributed by atoms with Crippen LogP contribution in [0.5, 0.6) is 0 Å². The average Bonchev–Trinajstić information content (AvgIpc) is 2.22. The summed E-state index contributed by atoms with van der Waals surface area (Å²) in [5.41, 5.74) is 0. The Labute approximate surface area is 134 Å². The number of nitrogens with zero attached hydrogens (tertiary/aromatic N) is 1. The number of rotatable bonds is 1. The van der Waals surface area contributed by atoms with Crippen molar-refractivity contribution in [3.8, 4) is 0 Å². The number of aliphatic hydroxyl groups excluding tert-OH is 5. The van der Waals surface area contributed by atoms with Crippen LogP contribution in [0.15, 0.2) is 0 Å². The molecular weight excluding hydrogens is 419 g/mol. The van der Waals surface area contributed by atoms with Crippen LogP contribution >= 0.6 is 0 Å². The first-order chi connectivity index (χ1) is 8.30. The zero-order chi connectivity index (χ0) is 16.0. The molecule has 0 aromatic rings. The molecule has 1 atom stereocenters. The van der Waals surface area contributed by atoms with Crippen molar-refractivity contribution in [3.05, 3.63) is 0 Å². The van der Waals surface area contributed by atoms with Gasteiger partial charge in [0.25, 0.3) is 0 Å². The second-order valence-electron chi connectivity index (χ2n) is 2.86. The fourth-order valence-electron chi connectivity index (χ4n) is 0. The first-order valence-corrected chi connectivity index (χ1v) is 6.08. The van der Waals surface area contributed by atoms with Crippen LogP contribution in [0.2, 0.25) is 0 Å². The number of hydrogen-bond acceptors (Lipinski definition) is 6. The molecule has 0 aliphatic rings. The smallest absolute Gasteiger partial charge is 0.104 e. The van der Waals surface area contributed by atoms with Crippen LogP contribution < -0.4 is 0 Å². The summed E-state index contributed by atoms with van der Waals surface area (Å²) in [6.07, 6.45) is -0.315. The second kappa shape index (κ2) is 51.4. The Hall–Kier alpha value is 0.500. The fraction of sp³-hybridized carbons (Fsp3) is 1.00. The second-order valence-corrected chi connectivity index (χ2v) is 2.86. The molecule has 0 aromatic heterocycles. The van der Waals surface area contributed by atoms with E-state index in [1.165, 1.54) is 0 Å². The Balaban J connectivity index is -0.0000000287. The SMILES string of the molecule is CC(O)N(C)C.CCO.CCO.CCO.CCO.[Ta]. The molecule has 19 heavy (non-hydrogen) atoms. The minimum Gasteiger partial charge on any atom is -0.397 e. The molecule has 0 heterocycles. The van der Waals surface area contributed by atoms with Gasteiger partial charge in [-0.2, -0.15) is 0 Å². The van der Waals surface area contributed by atoms with E-state index in [-0.39, 0.29) is 55.0 Å². The van der Waals surface area contributed by atoms with Crippen LogP contribution in [0.3, 0.4) is 0 Å². The molecule has 123 valence electrons. The van der Waals surface area contributed by atoms with E-state index in [1.54, 1.807) is 39.5 Å². The molecule has 0 aliphatic heterocycles. The predicted molar refractivity (Wildman–Crippen MR) is 76.4 cm³/mol. The largest absolute Gasteiger partial charge is 0.397 e. The maximum Gasteiger partial charge on any atom is 0.104 e. The van der Waals surface area contributed by atoms with E-state index in [9.17, 15) is 0 Å². The van der Waals surface area contributed by atoms with Crippen molar-refractivity contribution in [3.63, 3.8) is 0 Å². The maximum atomic E-state index is 8.56. The van der Waals surface area contributed by atoms with Crippen LogP contribution in [0.1, 0.15) is 34.6 Å². The summed E-state index contributed by atoms with van der Waals surface area (Å²) in [6.45, 7) is 9.44. The molecule has 5 N–H and O–H groups in total. The van der Waals surface area contributed by atoms with Gasteiger partial charge in [-0.3, -0.25) is 4.90 Å². The normalized spacial score (nSPS) is 8.68. The Morgan fingerprint density at radius 1 is 0.737 bits per heavy atom. The van der Waals surface area contributed by atoms with Gasteiger partial charge in [0.05, 0.1) is 0 Å². The summed E-state index contributed by atoms with van der Waals surface area (Å²) < 4.78 is 0. The molecule has 0 fully saturated rings. The van der Waals surface area contributed by atoms with Gasteiger partial charge in [0, 0.05) is 48.8 Å². The Morgan fingerprint density at radius 3 is 0.789 bits per heavy atom. The van der Waals surface area contributed by atoms with Crippen molar-refractivity contribution in [1.29, 1.82) is 0 Å². The molecule has 0 aliphatic carbocycles. The number of hydrogen-bond donors (Lipinski definition) is 5. The van der Waals surface area contributed by atoms with Crippen LogP contribution in [-0.2, 0) is 22.4 Å². The molecular formula is C12H35NO5Ta. The molecule has 0 aromatic carbocycles. The zero-order valence-electron chi connectivity index (χ0n) is 13.5. The third kappa shape index (κ3) is 249. The van der Waals surface area contributed by atoms with E-state index in [0.29, 0.717) is 0 Å². The molecule has 6 nitrogen and oxygen atoms in total. The van der Waals surface area contributed by atoms with Crippen LogP contribution in [0.4, 0.5) is 0 Å². The van der Waals surface area contributed by atoms with Gasteiger partial charge in [-0.15, -0.1) is 0 Å². The quantitative estimate of drug-likeness (QED) is 0.354. The first kappa shape index (κ1) is 36.6. The Kier molecular flexibility index (Phi) is 99.0. The minimum absolute atomic E-state index is 0. The topological polar surface area (TPSA) is 104 Å². The Bertz CT molecular complexity index is 74.5. The molecule has 0 amide bonds. The third-order valence-corrected chi connectivity index (χ3v) is 0.747. The van der Waals surface area contributed by atoms with Gasteiger partial charge in [0.15, 0.2) is 0 Å². The van der Waals surface area contributed by atoms with Crippen molar-refractivity contribution >= 4 is 0 Å². The molecule has 0 bridgehead atoms. The van der Waals surface area contributed by atoms with Crippen molar-refractivity contribution in [2.75, 3.05) is 40.5 Å². The van der Waals surface area contributed by atoms with E-state index in [2.05, 4.69) is 0 Å². The van der Waals surface area contributed by atoms with Crippen LogP contribution in [-0.4, -0.2) is 77.2 Å². The molecule has 1 unspecified atom stereocenters. The summed E-state index contributed by atoms with van der Waals surface area (Å²) in [4.78, 5) is 1.72. The van der Waals surface area contributed by atoms with Gasteiger partial charge in [-0.1, -0.05) is 0 Å². The monoisotopic (exact) mass is 454 g/mol. The van der Waals surface area contributed by atoms with Gasteiger partial charge in [-0.05, 0) is 48.7 Å². The van der Waals surface area contributed by atoms with Crippen molar-refractivity contribution < 1.29 is 47.9 Å². The standard InChI is InChI=1S/C4H11NO.4C2H6O.Ta/c1-4(6)5(2)3;4*1-2-3;/h4,6H,1-3H3;4*3H,2H2,1H3;. The fourth-order valence-corrected chi connectivity index (χ4v) is 0. The average molecular weight is 454 g/mol. The molecule has 0 spiro atoms. The van der Waals surface area contributed by atoms with Crippen LogP contribution in [0, 0.1) is 0 Å². The Morgan fingerprint density at radius 2 is 0.789 bits per heavy atom. The summed E-state index contributed by atoms with van der Waals surface area (Å²) in [5, 5.41) is 38.8. The first-order valence-electron chi connectivity index (χ1n) is 6.08. The van der Waals surface area contributed by atoms with Crippen molar-refractivity contribution in [2.45, 2.75) is 40.8 Å². The maximum absolute atomic E-state index is 8.56. The molecule has 0 saturated heterocycles. The zero-order valence-corrected chi connectivity index (χ0v) is 16.7. The van der Waals surface area contributed by atoms with Gasteiger partial charge in [0.2, 0.25) is 0 Å². The molecule has 7 heteroatoms. The third-order valence-electron chi connectivity index (χ3n) is 0.747. The minimum atomic E-state index is -0.315. The van der Waals surface area contributed by atoms with E-state index in [4.69, 9.17) is 25.5 Å². The van der Waals surface area contributed by atoms with E-state index in [0.717, 1.165) is 0 Å². The van der Waals surface area contributed by atoms with E-state index < -0.39 is 0 Å². The summed E-state index contributed by atoms with van der Waals surface area (Å²) in [5.74, 6) is 0. The summed E-state index contributed by atoms with van der Waals surface area (Å²) in [6, 6.07) is 0. The van der Waals surface area contributed by atoms with Gasteiger partial charge >= 0.3 is 0 Å². The molecule has 0 rings (SSSR count). The predicted octanol–water partition coefficient (Wildman–Crippen LogP) is -0.122. The summed E-state index contributed by atoms with van der Waals surface area (Å²) in [7, 11) is 3.65. The van der Waals surface area contributed by atoms with Crippen molar-refractivity contribution in [1.82, 2.24) is 4.90 Å². The van der Waals surface area contributed by atoms with Gasteiger partial charge < -0.3 is 25.5 Å². The van der Waals surface area contributed by atoms with E-state index >= 15 is 0 Å². The molecule has 1 radical (unpaired) electrons. The van der Waals surface area contributed by atoms with Gasteiger partial charge in [-0.25, -0.2) is 0 Å². The van der Waals surface area contributed by atoms with Crippen LogP contribution in [0.25, 0.3) is 0 Å². The molecule has 0 saturated carbocycles. The summed E-state index contributed by atoms with van der Waals surface area (Å²) >= 11 is 0. The number of aliphatic hydroxyl groups is 5.